The molecule has 0 unspecified atom stereocenters. The highest BCUT2D eigenvalue weighted by Crippen LogP contribution is 2.25. The summed E-state index contributed by atoms with van der Waals surface area (Å²) < 4.78 is 8.94. The first-order valence-corrected chi connectivity index (χ1v) is 10.8. The molecule has 0 aliphatic heterocycles. The van der Waals surface area contributed by atoms with Gasteiger partial charge in [0, 0.05) is 29.9 Å². The average molecular weight is 460 g/mol. The molecule has 11 heteroatoms. The Balaban J connectivity index is 1.54. The van der Waals surface area contributed by atoms with Crippen LogP contribution >= 0.6 is 23.4 Å². The summed E-state index contributed by atoms with van der Waals surface area (Å²) in [5, 5.41) is 1.15. The SMILES string of the molecule is CSc1ccc2cc(COC(=O)Cn3cnc4c3c(=O)n(C)c(=O)n4C)c(Cl)nc2c1. The highest BCUT2D eigenvalue weighted by Gasteiger charge is 2.17. The van der Waals surface area contributed by atoms with Crippen LogP contribution in [0, 0.1) is 0 Å². The molecule has 4 rings (SSSR count). The number of thioether (sulfide) groups is 1. The second-order valence-corrected chi connectivity index (χ2v) is 8.15. The number of nitrogens with zero attached hydrogens (tertiary/aromatic N) is 5. The molecule has 4 aromatic rings. The normalized spacial score (nSPS) is 11.4. The molecular weight excluding hydrogens is 442 g/mol. The van der Waals surface area contributed by atoms with Crippen molar-refractivity contribution in [3.63, 3.8) is 0 Å². The number of ether oxygens (including phenoxy) is 1. The van der Waals surface area contributed by atoms with Crippen LogP contribution in [0.5, 0.6) is 0 Å². The fourth-order valence-corrected chi connectivity index (χ4v) is 3.89. The van der Waals surface area contributed by atoms with Gasteiger partial charge in [-0.2, -0.15) is 0 Å². The van der Waals surface area contributed by atoms with Gasteiger partial charge < -0.3 is 9.30 Å². The van der Waals surface area contributed by atoms with Crippen LogP contribution < -0.4 is 11.2 Å². The van der Waals surface area contributed by atoms with Gasteiger partial charge in [0.1, 0.15) is 18.3 Å². The third-order valence-electron chi connectivity index (χ3n) is 4.96. The molecule has 9 nitrogen and oxygen atoms in total. The van der Waals surface area contributed by atoms with E-state index in [0.717, 1.165) is 20.4 Å². The molecule has 0 fully saturated rings. The Morgan fingerprint density at radius 1 is 1.19 bits per heavy atom. The van der Waals surface area contributed by atoms with Crippen molar-refractivity contribution in [3.8, 4) is 0 Å². The highest BCUT2D eigenvalue weighted by atomic mass is 35.5. The molecule has 0 N–H and O–H groups in total. The lowest BCUT2D eigenvalue weighted by molar-refractivity contribution is -0.145. The lowest BCUT2D eigenvalue weighted by Gasteiger charge is -2.09. The molecule has 0 aliphatic carbocycles. The number of benzene rings is 1. The van der Waals surface area contributed by atoms with Crippen molar-refractivity contribution in [3.05, 3.63) is 62.1 Å². The van der Waals surface area contributed by atoms with Gasteiger partial charge in [-0.3, -0.25) is 18.7 Å². The van der Waals surface area contributed by atoms with E-state index >= 15 is 0 Å². The zero-order valence-electron chi connectivity index (χ0n) is 17.0. The van der Waals surface area contributed by atoms with Gasteiger partial charge in [-0.25, -0.2) is 14.8 Å². The van der Waals surface area contributed by atoms with Crippen LogP contribution in [0.1, 0.15) is 5.56 Å². The predicted octanol–water partition coefficient (Wildman–Crippen LogP) is 2.10. The molecule has 0 radical (unpaired) electrons. The smallest absolute Gasteiger partial charge is 0.332 e. The van der Waals surface area contributed by atoms with E-state index in [-0.39, 0.29) is 29.5 Å². The van der Waals surface area contributed by atoms with Crippen molar-refractivity contribution in [2.24, 2.45) is 14.1 Å². The first-order chi connectivity index (χ1) is 14.8. The molecule has 0 amide bonds. The summed E-state index contributed by atoms with van der Waals surface area (Å²) in [7, 11) is 2.88. The maximum absolute atomic E-state index is 12.5. The Labute approximate surface area is 185 Å². The van der Waals surface area contributed by atoms with Gasteiger partial charge >= 0.3 is 11.7 Å². The fourth-order valence-electron chi connectivity index (χ4n) is 3.26. The van der Waals surface area contributed by atoms with Gasteiger partial charge in [0.05, 0.1) is 11.8 Å². The van der Waals surface area contributed by atoms with Crippen molar-refractivity contribution in [1.82, 2.24) is 23.7 Å². The van der Waals surface area contributed by atoms with E-state index in [1.54, 1.807) is 11.8 Å². The van der Waals surface area contributed by atoms with Gasteiger partial charge in [0.25, 0.3) is 5.56 Å². The van der Waals surface area contributed by atoms with E-state index < -0.39 is 17.2 Å². The number of rotatable bonds is 5. The maximum atomic E-state index is 12.5. The molecule has 0 atom stereocenters. The fraction of sp³-hybridized carbons (Fsp3) is 0.250. The topological polar surface area (TPSA) is 101 Å². The standard InChI is InChI=1S/C20H18ClN5O4S/c1-24-18-16(19(28)25(2)20(24)29)26(10-22-18)8-15(27)30-9-12-6-11-4-5-13(31-3)7-14(11)23-17(12)21/h4-7,10H,8-9H2,1-3H3. The summed E-state index contributed by atoms with van der Waals surface area (Å²) in [6, 6.07) is 7.70. The van der Waals surface area contributed by atoms with E-state index in [1.165, 1.54) is 29.6 Å². The molecule has 3 heterocycles. The minimum atomic E-state index is -0.580. The lowest BCUT2D eigenvalue weighted by atomic mass is 10.2. The van der Waals surface area contributed by atoms with E-state index in [4.69, 9.17) is 16.3 Å². The van der Waals surface area contributed by atoms with Crippen LogP contribution in [0.2, 0.25) is 5.15 Å². The monoisotopic (exact) mass is 459 g/mol. The number of fused-ring (bicyclic) bond motifs is 2. The van der Waals surface area contributed by atoms with Crippen molar-refractivity contribution in [1.29, 1.82) is 0 Å². The summed E-state index contributed by atoms with van der Waals surface area (Å²) in [4.78, 5) is 46.5. The number of aromatic nitrogens is 5. The summed E-state index contributed by atoms with van der Waals surface area (Å²) in [6.45, 7) is -0.298. The summed E-state index contributed by atoms with van der Waals surface area (Å²) >= 11 is 7.88. The van der Waals surface area contributed by atoms with Crippen molar-refractivity contribution in [2.45, 2.75) is 18.0 Å². The minimum Gasteiger partial charge on any atom is -0.459 e. The van der Waals surface area contributed by atoms with Crippen molar-refractivity contribution < 1.29 is 9.53 Å². The Hall–Kier alpha value is -3.11. The lowest BCUT2D eigenvalue weighted by Crippen LogP contribution is -2.37. The number of esters is 1. The molecule has 0 aliphatic rings. The van der Waals surface area contributed by atoms with Gasteiger partial charge in [-0.05, 0) is 24.5 Å². The molecule has 0 bridgehead atoms. The quantitative estimate of drug-likeness (QED) is 0.256. The molecule has 3 aromatic heterocycles. The van der Waals surface area contributed by atoms with Gasteiger partial charge in [-0.1, -0.05) is 17.7 Å². The number of imidazole rings is 1. The largest absolute Gasteiger partial charge is 0.459 e. The van der Waals surface area contributed by atoms with Crippen LogP contribution in [0.4, 0.5) is 0 Å². The van der Waals surface area contributed by atoms with Crippen LogP contribution in [0.15, 0.2) is 45.1 Å². The zero-order valence-corrected chi connectivity index (χ0v) is 18.5. The first-order valence-electron chi connectivity index (χ1n) is 9.19. The van der Waals surface area contributed by atoms with Crippen LogP contribution in [-0.4, -0.2) is 35.9 Å². The van der Waals surface area contributed by atoms with Crippen LogP contribution in [-0.2, 0) is 36.8 Å². The third-order valence-corrected chi connectivity index (χ3v) is 6.01. The Kier molecular flexibility index (Phi) is 5.59. The van der Waals surface area contributed by atoms with Gasteiger partial charge in [-0.15, -0.1) is 11.8 Å². The number of halogens is 1. The summed E-state index contributed by atoms with van der Waals surface area (Å²) in [5.74, 6) is -0.580. The number of carbonyl (C=O) groups is 1. The molecule has 0 saturated heterocycles. The van der Waals surface area contributed by atoms with E-state index in [0.29, 0.717) is 5.56 Å². The number of pyridine rings is 1. The zero-order chi connectivity index (χ0) is 22.3. The minimum absolute atomic E-state index is 0.0615. The van der Waals surface area contributed by atoms with Crippen molar-refractivity contribution in [2.75, 3.05) is 6.26 Å². The Morgan fingerprint density at radius 3 is 2.71 bits per heavy atom. The average Bonchev–Trinajstić information content (AvgIpc) is 3.17. The second-order valence-electron chi connectivity index (χ2n) is 6.91. The van der Waals surface area contributed by atoms with E-state index in [9.17, 15) is 14.4 Å². The molecule has 0 spiro atoms. The van der Waals surface area contributed by atoms with Crippen LogP contribution in [0.25, 0.3) is 22.1 Å². The molecular formula is C20H18ClN5O4S. The Bertz CT molecular complexity index is 1460. The van der Waals surface area contributed by atoms with E-state index in [2.05, 4.69) is 9.97 Å². The molecule has 1 aromatic carbocycles. The molecule has 31 heavy (non-hydrogen) atoms. The maximum Gasteiger partial charge on any atom is 0.332 e. The number of carbonyl (C=O) groups excluding carboxylic acids is 1. The number of hydrogen-bond donors (Lipinski definition) is 0. The summed E-state index contributed by atoms with van der Waals surface area (Å²) in [6.07, 6.45) is 3.32. The molecule has 160 valence electrons. The number of hydrogen-bond acceptors (Lipinski definition) is 7. The highest BCUT2D eigenvalue weighted by molar-refractivity contribution is 7.98. The predicted molar refractivity (Wildman–Crippen MR) is 119 cm³/mol. The van der Waals surface area contributed by atoms with Gasteiger partial charge in [0.15, 0.2) is 11.2 Å². The van der Waals surface area contributed by atoms with Gasteiger partial charge in [0.2, 0.25) is 0 Å². The van der Waals surface area contributed by atoms with Crippen LogP contribution in [0.3, 0.4) is 0 Å². The number of aryl methyl sites for hydroxylation is 1. The Morgan fingerprint density at radius 2 is 1.97 bits per heavy atom. The second kappa shape index (κ2) is 8.20. The first kappa shape index (κ1) is 21.1. The third kappa shape index (κ3) is 3.84. The van der Waals surface area contributed by atoms with Crippen molar-refractivity contribution >= 4 is 51.4 Å². The molecule has 0 saturated carbocycles. The summed E-state index contributed by atoms with van der Waals surface area (Å²) in [5.41, 5.74) is 0.665. The van der Waals surface area contributed by atoms with E-state index in [1.807, 2.05) is 30.5 Å².